The summed E-state index contributed by atoms with van der Waals surface area (Å²) < 4.78 is 48.3. The number of aromatic nitrogens is 7. The molecule has 4 aromatic heterocycles. The van der Waals surface area contributed by atoms with Crippen molar-refractivity contribution in [2.75, 3.05) is 7.11 Å². The molecule has 1 atom stereocenters. The van der Waals surface area contributed by atoms with E-state index in [9.17, 15) is 13.2 Å². The van der Waals surface area contributed by atoms with Crippen LogP contribution < -0.4 is 4.74 Å². The number of rotatable bonds is 5. The Morgan fingerprint density at radius 3 is 2.55 bits per heavy atom. The first-order chi connectivity index (χ1) is 19.2. The summed E-state index contributed by atoms with van der Waals surface area (Å²) in [5, 5.41) is 5.27. The molecule has 1 aliphatic rings. The predicted molar refractivity (Wildman–Crippen MR) is 142 cm³/mol. The van der Waals surface area contributed by atoms with E-state index >= 15 is 0 Å². The molecule has 0 saturated carbocycles. The molecule has 5 heterocycles. The fourth-order valence-corrected chi connectivity index (χ4v) is 5.16. The van der Waals surface area contributed by atoms with Gasteiger partial charge in [-0.3, -0.25) is 4.98 Å². The number of hydrogen-bond acceptors (Lipinski definition) is 6. The van der Waals surface area contributed by atoms with Gasteiger partial charge in [0, 0.05) is 35.4 Å². The maximum atomic E-state index is 13.0. The molecule has 0 radical (unpaired) electrons. The zero-order valence-corrected chi connectivity index (χ0v) is 22.3. The Balaban J connectivity index is 1.34. The van der Waals surface area contributed by atoms with Crippen molar-refractivity contribution in [2.24, 2.45) is 0 Å². The first-order valence-electron chi connectivity index (χ1n) is 12.6. The summed E-state index contributed by atoms with van der Waals surface area (Å²) in [6.07, 6.45) is 1.62. The molecule has 0 amide bonds. The molecule has 0 spiro atoms. The van der Waals surface area contributed by atoms with Crippen LogP contribution in [-0.2, 0) is 12.7 Å². The SMILES string of the molecule is COc1nc(-c2nc3n(n2)CCC[C@H]3c2cc(-c3ccc(C(F)(F)F)cn3)ccc2Cl)ccc1-n1cnc(C)c1. The van der Waals surface area contributed by atoms with Crippen LogP contribution in [0.2, 0.25) is 5.02 Å². The summed E-state index contributed by atoms with van der Waals surface area (Å²) in [4.78, 5) is 17.8. The van der Waals surface area contributed by atoms with E-state index in [1.165, 1.54) is 6.07 Å². The molecule has 0 unspecified atom stereocenters. The molecule has 6 rings (SSSR count). The van der Waals surface area contributed by atoms with Crippen LogP contribution in [0.15, 0.2) is 61.2 Å². The molecule has 0 fully saturated rings. The number of aryl methyl sites for hydroxylation is 2. The van der Waals surface area contributed by atoms with E-state index in [4.69, 9.17) is 26.4 Å². The quantitative estimate of drug-likeness (QED) is 0.242. The minimum atomic E-state index is -4.45. The van der Waals surface area contributed by atoms with Gasteiger partial charge < -0.3 is 9.30 Å². The second-order valence-electron chi connectivity index (χ2n) is 9.52. The Labute approximate surface area is 232 Å². The highest BCUT2D eigenvalue weighted by molar-refractivity contribution is 6.31. The Bertz CT molecular complexity index is 1700. The fraction of sp³-hybridized carbons (Fsp3) is 0.250. The molecule has 0 N–H and O–H groups in total. The van der Waals surface area contributed by atoms with Crippen LogP contribution in [0.4, 0.5) is 13.2 Å². The van der Waals surface area contributed by atoms with Crippen molar-refractivity contribution < 1.29 is 17.9 Å². The van der Waals surface area contributed by atoms with Crippen LogP contribution in [-0.4, -0.2) is 41.4 Å². The molecule has 5 aromatic rings. The number of imidazole rings is 1. The number of methoxy groups -OCH3 is 1. The number of ether oxygens (including phenoxy) is 1. The van der Waals surface area contributed by atoms with Gasteiger partial charge in [0.25, 0.3) is 0 Å². The Hall–Kier alpha value is -4.25. The van der Waals surface area contributed by atoms with E-state index in [0.717, 1.165) is 47.9 Å². The summed E-state index contributed by atoms with van der Waals surface area (Å²) in [6, 6.07) is 11.5. The molecule has 1 aromatic carbocycles. The number of halogens is 4. The molecular formula is C28H23ClF3N7O. The number of pyridine rings is 2. The van der Waals surface area contributed by atoms with E-state index in [-0.39, 0.29) is 5.92 Å². The van der Waals surface area contributed by atoms with Crippen LogP contribution in [0, 0.1) is 6.92 Å². The van der Waals surface area contributed by atoms with Crippen molar-refractivity contribution in [1.29, 1.82) is 0 Å². The van der Waals surface area contributed by atoms with Gasteiger partial charge in [-0.25, -0.2) is 19.6 Å². The lowest BCUT2D eigenvalue weighted by atomic mass is 9.89. The van der Waals surface area contributed by atoms with Crippen molar-refractivity contribution in [2.45, 2.75) is 38.4 Å². The molecular weight excluding hydrogens is 543 g/mol. The lowest BCUT2D eigenvalue weighted by Crippen LogP contribution is -2.18. The number of nitrogens with zero attached hydrogens (tertiary/aromatic N) is 7. The maximum Gasteiger partial charge on any atom is 0.417 e. The Kier molecular flexibility index (Phi) is 6.53. The van der Waals surface area contributed by atoms with Crippen molar-refractivity contribution in [3.8, 4) is 34.3 Å². The van der Waals surface area contributed by atoms with Gasteiger partial charge in [-0.2, -0.15) is 13.2 Å². The van der Waals surface area contributed by atoms with Gasteiger partial charge >= 0.3 is 6.18 Å². The first-order valence-corrected chi connectivity index (χ1v) is 12.9. The van der Waals surface area contributed by atoms with Crippen LogP contribution in [0.25, 0.3) is 28.5 Å². The highest BCUT2D eigenvalue weighted by Crippen LogP contribution is 2.39. The zero-order chi connectivity index (χ0) is 28.0. The standard InChI is InChI=1S/C28H23ClF3N7O/c1-16-14-38(15-34-16)24-10-9-23(35-27(24)40-2)25-36-26-19(4-3-11-39(26)37-25)20-12-17(5-7-21(20)29)22-8-6-18(13-33-22)28(30,31)32/h5-10,12-15,19H,3-4,11H2,1-2H3/t19-/m0/s1. The topological polar surface area (TPSA) is 83.5 Å². The summed E-state index contributed by atoms with van der Waals surface area (Å²) in [5.74, 6) is 1.46. The number of fused-ring (bicyclic) bond motifs is 1. The minimum Gasteiger partial charge on any atom is -0.479 e. The lowest BCUT2D eigenvalue weighted by Gasteiger charge is -2.23. The van der Waals surface area contributed by atoms with Crippen molar-refractivity contribution in [3.05, 3.63) is 88.9 Å². The average molecular weight is 566 g/mol. The second kappa shape index (κ2) is 10.1. The predicted octanol–water partition coefficient (Wildman–Crippen LogP) is 6.50. The fourth-order valence-electron chi connectivity index (χ4n) is 4.91. The lowest BCUT2D eigenvalue weighted by molar-refractivity contribution is -0.137. The third kappa shape index (κ3) is 4.81. The Morgan fingerprint density at radius 1 is 1.02 bits per heavy atom. The molecule has 0 bridgehead atoms. The largest absolute Gasteiger partial charge is 0.479 e. The second-order valence-corrected chi connectivity index (χ2v) is 9.93. The highest BCUT2D eigenvalue weighted by atomic mass is 35.5. The summed E-state index contributed by atoms with van der Waals surface area (Å²) in [7, 11) is 1.56. The van der Waals surface area contributed by atoms with Crippen LogP contribution in [0.5, 0.6) is 5.88 Å². The average Bonchev–Trinajstić information content (AvgIpc) is 3.59. The van der Waals surface area contributed by atoms with Crippen LogP contribution >= 0.6 is 11.6 Å². The van der Waals surface area contributed by atoms with E-state index < -0.39 is 11.7 Å². The molecule has 40 heavy (non-hydrogen) atoms. The van der Waals surface area contributed by atoms with Gasteiger partial charge in [0.05, 0.1) is 30.4 Å². The van der Waals surface area contributed by atoms with Gasteiger partial charge in [-0.1, -0.05) is 17.7 Å². The Morgan fingerprint density at radius 2 is 1.85 bits per heavy atom. The van der Waals surface area contributed by atoms with Gasteiger partial charge in [0.2, 0.25) is 5.88 Å². The van der Waals surface area contributed by atoms with E-state index in [2.05, 4.69) is 15.0 Å². The molecule has 0 saturated heterocycles. The van der Waals surface area contributed by atoms with Gasteiger partial charge in [0.15, 0.2) is 5.82 Å². The minimum absolute atomic E-state index is 0.160. The van der Waals surface area contributed by atoms with Gasteiger partial charge in [0.1, 0.15) is 17.2 Å². The summed E-state index contributed by atoms with van der Waals surface area (Å²) >= 11 is 6.65. The molecule has 204 valence electrons. The molecule has 8 nitrogen and oxygen atoms in total. The third-order valence-electron chi connectivity index (χ3n) is 6.89. The summed E-state index contributed by atoms with van der Waals surface area (Å²) in [5.41, 5.74) is 3.29. The smallest absolute Gasteiger partial charge is 0.417 e. The molecule has 12 heteroatoms. The van der Waals surface area contributed by atoms with Gasteiger partial charge in [-0.15, -0.1) is 5.10 Å². The van der Waals surface area contributed by atoms with Gasteiger partial charge in [-0.05, 0) is 61.7 Å². The number of alkyl halides is 3. The van der Waals surface area contributed by atoms with Crippen LogP contribution in [0.3, 0.4) is 0 Å². The molecule has 0 aliphatic carbocycles. The van der Waals surface area contributed by atoms with E-state index in [0.29, 0.717) is 40.2 Å². The van der Waals surface area contributed by atoms with E-state index in [1.807, 2.05) is 40.6 Å². The maximum absolute atomic E-state index is 13.0. The monoisotopic (exact) mass is 565 g/mol. The third-order valence-corrected chi connectivity index (χ3v) is 7.23. The molecule has 1 aliphatic heterocycles. The number of hydrogen-bond donors (Lipinski definition) is 0. The first kappa shape index (κ1) is 26.0. The van der Waals surface area contributed by atoms with Crippen molar-refractivity contribution in [1.82, 2.24) is 34.3 Å². The van der Waals surface area contributed by atoms with Crippen molar-refractivity contribution >= 4 is 11.6 Å². The normalized spacial score (nSPS) is 15.2. The van der Waals surface area contributed by atoms with Crippen molar-refractivity contribution in [3.63, 3.8) is 0 Å². The van der Waals surface area contributed by atoms with Crippen LogP contribution in [0.1, 0.15) is 41.4 Å². The highest BCUT2D eigenvalue weighted by Gasteiger charge is 2.31. The zero-order valence-electron chi connectivity index (χ0n) is 21.5. The summed E-state index contributed by atoms with van der Waals surface area (Å²) in [6.45, 7) is 2.60. The van der Waals surface area contributed by atoms with E-state index in [1.54, 1.807) is 25.6 Å². The number of benzene rings is 1.